The molecule has 0 aliphatic carbocycles. The number of carbonyl (C=O) groups excluding carboxylic acids is 1. The van der Waals surface area contributed by atoms with Crippen molar-refractivity contribution in [1.82, 2.24) is 19.7 Å². The van der Waals surface area contributed by atoms with Gasteiger partial charge in [0.1, 0.15) is 11.6 Å². The van der Waals surface area contributed by atoms with Gasteiger partial charge < -0.3 is 19.3 Å². The number of pyridine rings is 1. The van der Waals surface area contributed by atoms with Gasteiger partial charge in [-0.15, -0.1) is 0 Å². The first-order valence-corrected chi connectivity index (χ1v) is 10.4. The fourth-order valence-corrected chi connectivity index (χ4v) is 4.26. The number of benzene rings is 1. The van der Waals surface area contributed by atoms with Crippen LogP contribution in [-0.4, -0.2) is 59.0 Å². The summed E-state index contributed by atoms with van der Waals surface area (Å²) in [4.78, 5) is 22.4. The molecule has 0 N–H and O–H groups in total. The van der Waals surface area contributed by atoms with Crippen molar-refractivity contribution in [3.05, 3.63) is 59.4 Å². The van der Waals surface area contributed by atoms with E-state index in [1.165, 1.54) is 0 Å². The van der Waals surface area contributed by atoms with Gasteiger partial charge in [0.05, 0.1) is 37.8 Å². The van der Waals surface area contributed by atoms with E-state index in [2.05, 4.69) is 10.00 Å². The zero-order valence-corrected chi connectivity index (χ0v) is 17.7. The average molecular weight is 419 g/mol. The molecule has 0 unspecified atom stereocenters. The normalized spacial score (nSPS) is 16.0. The number of fused-ring (bicyclic) bond motifs is 1. The molecule has 0 atom stereocenters. The van der Waals surface area contributed by atoms with Crippen LogP contribution in [-0.2, 0) is 24.9 Å². The van der Waals surface area contributed by atoms with Crippen LogP contribution >= 0.6 is 0 Å². The van der Waals surface area contributed by atoms with E-state index in [1.807, 2.05) is 48.5 Å². The molecule has 0 spiro atoms. The predicted octanol–water partition coefficient (Wildman–Crippen LogP) is 2.48. The first kappa shape index (κ1) is 19.6. The molecule has 4 heterocycles. The molecule has 3 aromatic rings. The topological polar surface area (TPSA) is 72.7 Å². The summed E-state index contributed by atoms with van der Waals surface area (Å²) >= 11 is 0. The largest absolute Gasteiger partial charge is 0.496 e. The number of carbonyl (C=O) groups is 1. The SMILES string of the molecule is COc1ccccc1-c1nc(N2CCOCC2)cc2c1CN(Cc1cnn(C)c1)C2=O. The highest BCUT2D eigenvalue weighted by molar-refractivity contribution is 6.01. The van der Waals surface area contributed by atoms with Crippen molar-refractivity contribution in [2.75, 3.05) is 38.3 Å². The van der Waals surface area contributed by atoms with Crippen LogP contribution in [0.25, 0.3) is 11.3 Å². The van der Waals surface area contributed by atoms with Crippen LogP contribution in [0, 0.1) is 0 Å². The third kappa shape index (κ3) is 3.63. The van der Waals surface area contributed by atoms with Gasteiger partial charge in [0, 0.05) is 56.1 Å². The lowest BCUT2D eigenvalue weighted by molar-refractivity contribution is 0.0766. The van der Waals surface area contributed by atoms with Gasteiger partial charge in [0.2, 0.25) is 0 Å². The van der Waals surface area contributed by atoms with Crippen molar-refractivity contribution in [2.45, 2.75) is 13.1 Å². The molecule has 0 saturated carbocycles. The van der Waals surface area contributed by atoms with Gasteiger partial charge in [0.15, 0.2) is 0 Å². The van der Waals surface area contributed by atoms with Crippen LogP contribution in [0.2, 0.25) is 0 Å². The maximum absolute atomic E-state index is 13.4. The Morgan fingerprint density at radius 2 is 1.97 bits per heavy atom. The van der Waals surface area contributed by atoms with Crippen LogP contribution < -0.4 is 9.64 Å². The molecule has 5 rings (SSSR count). The number of morpholine rings is 1. The van der Waals surface area contributed by atoms with Crippen molar-refractivity contribution in [2.24, 2.45) is 7.05 Å². The minimum Gasteiger partial charge on any atom is -0.496 e. The molecule has 2 aromatic heterocycles. The van der Waals surface area contributed by atoms with Gasteiger partial charge >= 0.3 is 0 Å². The number of nitrogens with zero attached hydrogens (tertiary/aromatic N) is 5. The summed E-state index contributed by atoms with van der Waals surface area (Å²) in [5.74, 6) is 1.57. The molecule has 1 fully saturated rings. The maximum Gasteiger partial charge on any atom is 0.255 e. The molecule has 8 heteroatoms. The van der Waals surface area contributed by atoms with E-state index in [4.69, 9.17) is 14.5 Å². The van der Waals surface area contributed by atoms with Crippen molar-refractivity contribution in [1.29, 1.82) is 0 Å². The summed E-state index contributed by atoms with van der Waals surface area (Å²) in [5.41, 5.74) is 4.35. The average Bonchev–Trinajstić information content (AvgIpc) is 3.36. The highest BCUT2D eigenvalue weighted by Crippen LogP contribution is 2.38. The number of hydrogen-bond acceptors (Lipinski definition) is 6. The fraction of sp³-hybridized carbons (Fsp3) is 0.348. The van der Waals surface area contributed by atoms with Crippen LogP contribution in [0.1, 0.15) is 21.5 Å². The molecule has 0 radical (unpaired) electrons. The molecular weight excluding hydrogens is 394 g/mol. The molecule has 8 nitrogen and oxygen atoms in total. The minimum absolute atomic E-state index is 0.0203. The third-order valence-electron chi connectivity index (χ3n) is 5.81. The van der Waals surface area contributed by atoms with Gasteiger partial charge in [-0.05, 0) is 18.2 Å². The Hall–Kier alpha value is -3.39. The monoisotopic (exact) mass is 419 g/mol. The first-order chi connectivity index (χ1) is 15.1. The zero-order chi connectivity index (χ0) is 21.4. The third-order valence-corrected chi connectivity index (χ3v) is 5.81. The summed E-state index contributed by atoms with van der Waals surface area (Å²) in [6, 6.07) is 9.77. The second-order valence-electron chi connectivity index (χ2n) is 7.84. The Labute approximate surface area is 181 Å². The summed E-state index contributed by atoms with van der Waals surface area (Å²) in [6.07, 6.45) is 3.74. The lowest BCUT2D eigenvalue weighted by atomic mass is 10.0. The highest BCUT2D eigenvalue weighted by Gasteiger charge is 2.33. The van der Waals surface area contributed by atoms with Crippen molar-refractivity contribution in [3.8, 4) is 17.0 Å². The molecular formula is C23H25N5O3. The summed E-state index contributed by atoms with van der Waals surface area (Å²) in [7, 11) is 3.53. The standard InChI is InChI=1S/C23H25N5O3/c1-26-13-16(12-24-26)14-28-15-19-18(23(28)29)11-21(27-7-9-31-10-8-27)25-22(19)17-5-3-4-6-20(17)30-2/h3-6,11-13H,7-10,14-15H2,1-2H3. The van der Waals surface area contributed by atoms with E-state index < -0.39 is 0 Å². The molecule has 160 valence electrons. The number of hydrogen-bond donors (Lipinski definition) is 0. The second kappa shape index (κ2) is 8.03. The number of ether oxygens (including phenoxy) is 2. The van der Waals surface area contributed by atoms with E-state index in [0.717, 1.165) is 47.0 Å². The number of para-hydroxylation sites is 1. The number of aryl methyl sites for hydroxylation is 1. The Morgan fingerprint density at radius 3 is 2.71 bits per heavy atom. The van der Waals surface area contributed by atoms with Gasteiger partial charge in [-0.1, -0.05) is 12.1 Å². The molecule has 2 aliphatic rings. The molecule has 0 bridgehead atoms. The van der Waals surface area contributed by atoms with E-state index >= 15 is 0 Å². The van der Waals surface area contributed by atoms with Gasteiger partial charge in [0.25, 0.3) is 5.91 Å². The number of rotatable bonds is 5. The number of methoxy groups -OCH3 is 1. The van der Waals surface area contributed by atoms with Crippen LogP contribution in [0.15, 0.2) is 42.7 Å². The molecule has 1 saturated heterocycles. The quantitative estimate of drug-likeness (QED) is 0.633. The van der Waals surface area contributed by atoms with Gasteiger partial charge in [-0.3, -0.25) is 9.48 Å². The Balaban J connectivity index is 1.59. The van der Waals surface area contributed by atoms with E-state index in [1.54, 1.807) is 18.0 Å². The lowest BCUT2D eigenvalue weighted by Crippen LogP contribution is -2.37. The second-order valence-corrected chi connectivity index (χ2v) is 7.84. The van der Waals surface area contributed by atoms with Crippen molar-refractivity contribution < 1.29 is 14.3 Å². The van der Waals surface area contributed by atoms with E-state index in [-0.39, 0.29) is 5.91 Å². The summed E-state index contributed by atoms with van der Waals surface area (Å²) < 4.78 is 12.9. The van der Waals surface area contributed by atoms with E-state index in [0.29, 0.717) is 31.9 Å². The minimum atomic E-state index is 0.0203. The van der Waals surface area contributed by atoms with Crippen molar-refractivity contribution in [3.63, 3.8) is 0 Å². The zero-order valence-electron chi connectivity index (χ0n) is 17.7. The van der Waals surface area contributed by atoms with Crippen LogP contribution in [0.4, 0.5) is 5.82 Å². The van der Waals surface area contributed by atoms with Crippen LogP contribution in [0.3, 0.4) is 0 Å². The summed E-state index contributed by atoms with van der Waals surface area (Å²) in [5, 5.41) is 4.23. The molecule has 31 heavy (non-hydrogen) atoms. The van der Waals surface area contributed by atoms with Crippen LogP contribution in [0.5, 0.6) is 5.75 Å². The van der Waals surface area contributed by atoms with Gasteiger partial charge in [-0.25, -0.2) is 4.98 Å². The first-order valence-electron chi connectivity index (χ1n) is 10.4. The molecule has 2 aliphatic heterocycles. The Kier molecular flexibility index (Phi) is 5.07. The smallest absolute Gasteiger partial charge is 0.255 e. The predicted molar refractivity (Wildman–Crippen MR) is 116 cm³/mol. The maximum atomic E-state index is 13.4. The Bertz CT molecular complexity index is 1120. The number of anilines is 1. The number of aromatic nitrogens is 3. The highest BCUT2D eigenvalue weighted by atomic mass is 16.5. The summed E-state index contributed by atoms with van der Waals surface area (Å²) in [6.45, 7) is 3.84. The molecule has 1 amide bonds. The fourth-order valence-electron chi connectivity index (χ4n) is 4.26. The number of amides is 1. The van der Waals surface area contributed by atoms with Crippen molar-refractivity contribution >= 4 is 11.7 Å². The van der Waals surface area contributed by atoms with Gasteiger partial charge in [-0.2, -0.15) is 5.10 Å². The molecule has 1 aromatic carbocycles. The lowest BCUT2D eigenvalue weighted by Gasteiger charge is -2.28. The Morgan fingerprint density at radius 1 is 1.16 bits per heavy atom. The van der Waals surface area contributed by atoms with E-state index in [9.17, 15) is 4.79 Å².